The van der Waals surface area contributed by atoms with Gasteiger partial charge in [-0.15, -0.1) is 6.58 Å². The van der Waals surface area contributed by atoms with Gasteiger partial charge in [0.05, 0.1) is 0 Å². The summed E-state index contributed by atoms with van der Waals surface area (Å²) in [5.74, 6) is 0.0525. The summed E-state index contributed by atoms with van der Waals surface area (Å²) in [6.45, 7) is 10.1. The summed E-state index contributed by atoms with van der Waals surface area (Å²) in [7, 11) is 0. The molecule has 0 aromatic heterocycles. The predicted molar refractivity (Wildman–Crippen MR) is 75.1 cm³/mol. The average molecular weight is 246 g/mol. The van der Waals surface area contributed by atoms with Crippen molar-refractivity contribution < 1.29 is 9.53 Å². The number of unbranched alkanes of at least 4 members (excludes halogenated alkanes) is 1. The molecule has 0 aliphatic rings. The van der Waals surface area contributed by atoms with E-state index >= 15 is 0 Å². The Morgan fingerprint density at radius 2 is 2.11 bits per heavy atom. The Hall–Kier alpha value is -1.41. The normalized spacial score (nSPS) is 12.2. The van der Waals surface area contributed by atoms with Gasteiger partial charge >= 0.3 is 0 Å². The molecule has 0 aliphatic carbocycles. The summed E-state index contributed by atoms with van der Waals surface area (Å²) >= 11 is 0. The van der Waals surface area contributed by atoms with Crippen molar-refractivity contribution >= 4 is 5.78 Å². The van der Waals surface area contributed by atoms with E-state index in [2.05, 4.69) is 6.58 Å². The molecule has 0 bridgehead atoms. The maximum atomic E-state index is 12.1. The van der Waals surface area contributed by atoms with Crippen LogP contribution in [0, 0.1) is 13.8 Å². The SMILES string of the molecule is C=CCCCOC(C)C(=O)c1ccc(C)c(C)c1. The van der Waals surface area contributed by atoms with Crippen molar-refractivity contribution in [3.8, 4) is 0 Å². The highest BCUT2D eigenvalue weighted by Crippen LogP contribution is 2.13. The minimum atomic E-state index is -0.378. The monoisotopic (exact) mass is 246 g/mol. The lowest BCUT2D eigenvalue weighted by molar-refractivity contribution is 0.0471. The molecule has 98 valence electrons. The molecule has 0 N–H and O–H groups in total. The Morgan fingerprint density at radius 3 is 2.72 bits per heavy atom. The fourth-order valence-electron chi connectivity index (χ4n) is 1.69. The molecule has 0 aliphatic heterocycles. The molecule has 1 aromatic carbocycles. The van der Waals surface area contributed by atoms with Crippen LogP contribution in [-0.2, 0) is 4.74 Å². The predicted octanol–water partition coefficient (Wildman–Crippen LogP) is 3.86. The van der Waals surface area contributed by atoms with Gasteiger partial charge in [-0.05, 0) is 50.8 Å². The van der Waals surface area contributed by atoms with Crippen LogP contribution in [0.4, 0.5) is 0 Å². The first-order chi connectivity index (χ1) is 8.56. The number of hydrogen-bond donors (Lipinski definition) is 0. The summed E-state index contributed by atoms with van der Waals surface area (Å²) in [5, 5.41) is 0. The van der Waals surface area contributed by atoms with Crippen molar-refractivity contribution in [2.45, 2.75) is 39.7 Å². The van der Waals surface area contributed by atoms with Gasteiger partial charge in [0.25, 0.3) is 0 Å². The van der Waals surface area contributed by atoms with Gasteiger partial charge < -0.3 is 4.74 Å². The number of carbonyl (C=O) groups is 1. The van der Waals surface area contributed by atoms with Crippen LogP contribution >= 0.6 is 0 Å². The number of rotatable bonds is 7. The third-order valence-corrected chi connectivity index (χ3v) is 3.08. The van der Waals surface area contributed by atoms with E-state index in [0.717, 1.165) is 24.0 Å². The van der Waals surface area contributed by atoms with Gasteiger partial charge in [-0.25, -0.2) is 0 Å². The first-order valence-corrected chi connectivity index (χ1v) is 6.40. The van der Waals surface area contributed by atoms with E-state index in [1.54, 1.807) is 0 Å². The van der Waals surface area contributed by atoms with Crippen molar-refractivity contribution in [3.63, 3.8) is 0 Å². The largest absolute Gasteiger partial charge is 0.370 e. The number of benzene rings is 1. The molecule has 2 nitrogen and oxygen atoms in total. The van der Waals surface area contributed by atoms with Crippen molar-refractivity contribution in [1.29, 1.82) is 0 Å². The zero-order valence-electron chi connectivity index (χ0n) is 11.5. The lowest BCUT2D eigenvalue weighted by atomic mass is 10.0. The van der Waals surface area contributed by atoms with Crippen LogP contribution in [0.5, 0.6) is 0 Å². The topological polar surface area (TPSA) is 26.3 Å². The molecule has 2 heteroatoms. The Bertz CT molecular complexity index is 421. The third-order valence-electron chi connectivity index (χ3n) is 3.08. The van der Waals surface area contributed by atoms with Gasteiger partial charge in [-0.2, -0.15) is 0 Å². The number of allylic oxidation sites excluding steroid dienone is 1. The van der Waals surface area contributed by atoms with E-state index in [1.165, 1.54) is 5.56 Å². The molecule has 0 amide bonds. The molecular weight excluding hydrogens is 224 g/mol. The Labute approximate surface area is 110 Å². The minimum Gasteiger partial charge on any atom is -0.370 e. The molecule has 0 saturated heterocycles. The lowest BCUT2D eigenvalue weighted by Gasteiger charge is -2.12. The minimum absolute atomic E-state index is 0.0525. The number of carbonyl (C=O) groups excluding carboxylic acids is 1. The fraction of sp³-hybridized carbons (Fsp3) is 0.438. The van der Waals surface area contributed by atoms with Gasteiger partial charge in [-0.3, -0.25) is 4.79 Å². The molecule has 1 unspecified atom stereocenters. The van der Waals surface area contributed by atoms with E-state index in [1.807, 2.05) is 45.0 Å². The van der Waals surface area contributed by atoms with Crippen LogP contribution in [0.25, 0.3) is 0 Å². The molecule has 1 atom stereocenters. The van der Waals surface area contributed by atoms with Crippen molar-refractivity contribution in [2.75, 3.05) is 6.61 Å². The van der Waals surface area contributed by atoms with Gasteiger partial charge in [0.2, 0.25) is 0 Å². The number of ketones is 1. The maximum Gasteiger partial charge on any atom is 0.191 e. The second-order valence-electron chi connectivity index (χ2n) is 4.61. The zero-order valence-corrected chi connectivity index (χ0v) is 11.5. The van der Waals surface area contributed by atoms with Gasteiger partial charge in [-0.1, -0.05) is 18.2 Å². The second-order valence-corrected chi connectivity index (χ2v) is 4.61. The highest BCUT2D eigenvalue weighted by Gasteiger charge is 2.15. The van der Waals surface area contributed by atoms with Crippen LogP contribution in [-0.4, -0.2) is 18.5 Å². The van der Waals surface area contributed by atoms with E-state index in [-0.39, 0.29) is 11.9 Å². The van der Waals surface area contributed by atoms with Crippen molar-refractivity contribution in [2.24, 2.45) is 0 Å². The molecule has 0 saturated carbocycles. The van der Waals surface area contributed by atoms with Crippen molar-refractivity contribution in [3.05, 3.63) is 47.5 Å². The molecule has 18 heavy (non-hydrogen) atoms. The van der Waals surface area contributed by atoms with E-state index < -0.39 is 0 Å². The Balaban J connectivity index is 2.57. The summed E-state index contributed by atoms with van der Waals surface area (Å²) in [4.78, 5) is 12.1. The van der Waals surface area contributed by atoms with Crippen LogP contribution in [0.15, 0.2) is 30.9 Å². The van der Waals surface area contributed by atoms with Crippen LogP contribution in [0.1, 0.15) is 41.3 Å². The molecule has 0 fully saturated rings. The molecule has 1 aromatic rings. The number of aryl methyl sites for hydroxylation is 2. The van der Waals surface area contributed by atoms with Crippen molar-refractivity contribution in [1.82, 2.24) is 0 Å². The Morgan fingerprint density at radius 1 is 1.39 bits per heavy atom. The van der Waals surface area contributed by atoms with E-state index in [4.69, 9.17) is 4.74 Å². The fourth-order valence-corrected chi connectivity index (χ4v) is 1.69. The van der Waals surface area contributed by atoms with Crippen LogP contribution in [0.2, 0.25) is 0 Å². The maximum absolute atomic E-state index is 12.1. The average Bonchev–Trinajstić information content (AvgIpc) is 2.37. The molecule has 0 radical (unpaired) electrons. The van der Waals surface area contributed by atoms with Gasteiger partial charge in [0.15, 0.2) is 5.78 Å². The van der Waals surface area contributed by atoms with Gasteiger partial charge in [0, 0.05) is 12.2 Å². The zero-order chi connectivity index (χ0) is 13.5. The third kappa shape index (κ3) is 4.11. The summed E-state index contributed by atoms with van der Waals surface area (Å²) in [6, 6.07) is 5.78. The first-order valence-electron chi connectivity index (χ1n) is 6.40. The summed E-state index contributed by atoms with van der Waals surface area (Å²) in [5.41, 5.74) is 3.07. The van der Waals surface area contributed by atoms with Crippen LogP contribution in [0.3, 0.4) is 0 Å². The number of ether oxygens (including phenoxy) is 1. The highest BCUT2D eigenvalue weighted by atomic mass is 16.5. The summed E-state index contributed by atoms with van der Waals surface area (Å²) < 4.78 is 5.53. The quantitative estimate of drug-likeness (QED) is 0.415. The molecule has 1 rings (SSSR count). The van der Waals surface area contributed by atoms with Gasteiger partial charge in [0.1, 0.15) is 6.10 Å². The lowest BCUT2D eigenvalue weighted by Crippen LogP contribution is -2.21. The summed E-state index contributed by atoms with van der Waals surface area (Å²) in [6.07, 6.45) is 3.31. The number of hydrogen-bond acceptors (Lipinski definition) is 2. The highest BCUT2D eigenvalue weighted by molar-refractivity contribution is 5.99. The smallest absolute Gasteiger partial charge is 0.191 e. The molecular formula is C16H22O2. The van der Waals surface area contributed by atoms with E-state index in [9.17, 15) is 4.79 Å². The first kappa shape index (κ1) is 14.7. The van der Waals surface area contributed by atoms with E-state index in [0.29, 0.717) is 6.61 Å². The molecule has 0 spiro atoms. The second kappa shape index (κ2) is 7.12. The standard InChI is InChI=1S/C16H22O2/c1-5-6-7-10-18-14(4)16(17)15-9-8-12(2)13(3)11-15/h5,8-9,11,14H,1,6-7,10H2,2-4H3. The molecule has 0 heterocycles. The van der Waals surface area contributed by atoms with Crippen LogP contribution < -0.4 is 0 Å². The number of Topliss-reactive ketones (excluding diaryl/α,β-unsaturated/α-hetero) is 1. The Kier molecular flexibility index (Phi) is 5.79.